The molecule has 0 aliphatic rings. The zero-order chi connectivity index (χ0) is 7.68. The van der Waals surface area contributed by atoms with Crippen LogP contribution in [0.25, 0.3) is 10.7 Å². The van der Waals surface area contributed by atoms with Gasteiger partial charge in [-0.3, -0.25) is 5.10 Å². The normalized spacial score (nSPS) is 10.2. The van der Waals surface area contributed by atoms with Crippen LogP contribution in [0.5, 0.6) is 0 Å². The monoisotopic (exact) mass is 167 g/mol. The molecule has 0 saturated heterocycles. The summed E-state index contributed by atoms with van der Waals surface area (Å²) in [6, 6.07) is 1.82. The zero-order valence-corrected chi connectivity index (χ0v) is 6.30. The molecule has 11 heavy (non-hydrogen) atoms. The van der Waals surface area contributed by atoms with E-state index in [9.17, 15) is 0 Å². The highest BCUT2D eigenvalue weighted by molar-refractivity contribution is 7.18. The zero-order valence-electron chi connectivity index (χ0n) is 5.48. The van der Waals surface area contributed by atoms with Crippen LogP contribution in [0, 0.1) is 0 Å². The molecule has 0 fully saturated rings. The van der Waals surface area contributed by atoms with Crippen molar-refractivity contribution in [1.82, 2.24) is 20.4 Å². The van der Waals surface area contributed by atoms with E-state index in [1.165, 1.54) is 11.3 Å². The summed E-state index contributed by atoms with van der Waals surface area (Å²) in [5, 5.41) is 15.3. The largest absolute Gasteiger partial charge is 0.374 e. The van der Waals surface area contributed by atoms with Gasteiger partial charge in [0.25, 0.3) is 0 Å². The average Bonchev–Trinajstić information content (AvgIpc) is 2.55. The summed E-state index contributed by atoms with van der Waals surface area (Å²) in [5.74, 6) is 0. The van der Waals surface area contributed by atoms with E-state index < -0.39 is 0 Å². The first kappa shape index (κ1) is 6.29. The maximum atomic E-state index is 5.39. The minimum Gasteiger partial charge on any atom is -0.374 e. The third-order valence-electron chi connectivity index (χ3n) is 1.16. The second-order valence-electron chi connectivity index (χ2n) is 1.90. The quantitative estimate of drug-likeness (QED) is 0.648. The minimum absolute atomic E-state index is 0.461. The third kappa shape index (κ3) is 1.07. The molecule has 0 bridgehead atoms. The highest BCUT2D eigenvalue weighted by atomic mass is 32.1. The van der Waals surface area contributed by atoms with Gasteiger partial charge in [-0.15, -0.1) is 10.2 Å². The van der Waals surface area contributed by atoms with Crippen molar-refractivity contribution >= 4 is 16.5 Å². The van der Waals surface area contributed by atoms with Crippen LogP contribution in [0.2, 0.25) is 0 Å². The van der Waals surface area contributed by atoms with Crippen LogP contribution < -0.4 is 5.73 Å². The predicted octanol–water partition coefficient (Wildman–Crippen LogP) is 0.510. The Hall–Kier alpha value is -1.43. The molecule has 2 aromatic heterocycles. The second kappa shape index (κ2) is 2.31. The molecule has 0 spiro atoms. The molecule has 6 heteroatoms. The van der Waals surface area contributed by atoms with E-state index in [-0.39, 0.29) is 0 Å². The van der Waals surface area contributed by atoms with E-state index in [1.54, 1.807) is 6.20 Å². The number of nitrogens with one attached hydrogen (secondary N) is 1. The molecule has 2 heterocycles. The van der Waals surface area contributed by atoms with Crippen molar-refractivity contribution in [3.63, 3.8) is 0 Å². The first-order valence-corrected chi connectivity index (χ1v) is 3.77. The summed E-state index contributed by atoms with van der Waals surface area (Å²) in [4.78, 5) is 0. The fraction of sp³-hybridized carbons (Fsp3) is 0. The maximum Gasteiger partial charge on any atom is 0.203 e. The molecule has 0 aliphatic heterocycles. The predicted molar refractivity (Wildman–Crippen MR) is 41.9 cm³/mol. The molecule has 0 saturated carbocycles. The number of H-pyrrole nitrogens is 1. The Bertz CT molecular complexity index is 337. The van der Waals surface area contributed by atoms with Crippen molar-refractivity contribution in [3.05, 3.63) is 12.3 Å². The highest BCUT2D eigenvalue weighted by Gasteiger charge is 2.04. The maximum absolute atomic E-state index is 5.39. The van der Waals surface area contributed by atoms with Crippen molar-refractivity contribution in [3.8, 4) is 10.7 Å². The molecule has 56 valence electrons. The number of nitrogens with zero attached hydrogens (tertiary/aromatic N) is 3. The Kier molecular flexibility index (Phi) is 1.32. The molecule has 3 N–H and O–H groups in total. The van der Waals surface area contributed by atoms with Crippen molar-refractivity contribution in [2.75, 3.05) is 5.73 Å². The van der Waals surface area contributed by atoms with Crippen molar-refractivity contribution in [2.24, 2.45) is 0 Å². The van der Waals surface area contributed by atoms with E-state index in [0.717, 1.165) is 10.7 Å². The molecule has 2 aromatic rings. The Morgan fingerprint density at radius 1 is 1.45 bits per heavy atom. The van der Waals surface area contributed by atoms with Crippen molar-refractivity contribution < 1.29 is 0 Å². The topological polar surface area (TPSA) is 80.5 Å². The van der Waals surface area contributed by atoms with Gasteiger partial charge in [0.2, 0.25) is 5.13 Å². The molecule has 0 unspecified atom stereocenters. The van der Waals surface area contributed by atoms with Gasteiger partial charge in [0.1, 0.15) is 5.69 Å². The van der Waals surface area contributed by atoms with Gasteiger partial charge in [-0.25, -0.2) is 0 Å². The van der Waals surface area contributed by atoms with Crippen LogP contribution in [-0.2, 0) is 0 Å². The summed E-state index contributed by atoms with van der Waals surface area (Å²) >= 11 is 1.32. The smallest absolute Gasteiger partial charge is 0.203 e. The third-order valence-corrected chi connectivity index (χ3v) is 1.94. The molecular weight excluding hydrogens is 162 g/mol. The molecule has 2 rings (SSSR count). The fourth-order valence-corrected chi connectivity index (χ4v) is 1.30. The number of nitrogens with two attached hydrogens (primary N) is 1. The molecule has 0 atom stereocenters. The lowest BCUT2D eigenvalue weighted by atomic mass is 10.5. The Morgan fingerprint density at radius 2 is 2.36 bits per heavy atom. The number of anilines is 1. The molecule has 0 amide bonds. The van der Waals surface area contributed by atoms with Gasteiger partial charge >= 0.3 is 0 Å². The number of hydrogen-bond donors (Lipinski definition) is 2. The van der Waals surface area contributed by atoms with E-state index in [0.29, 0.717) is 5.13 Å². The van der Waals surface area contributed by atoms with Crippen LogP contribution in [0.1, 0.15) is 0 Å². The van der Waals surface area contributed by atoms with Crippen LogP contribution in [0.3, 0.4) is 0 Å². The van der Waals surface area contributed by atoms with Crippen LogP contribution in [0.4, 0.5) is 5.13 Å². The first-order valence-electron chi connectivity index (χ1n) is 2.95. The van der Waals surface area contributed by atoms with E-state index in [2.05, 4.69) is 20.4 Å². The highest BCUT2D eigenvalue weighted by Crippen LogP contribution is 2.21. The standard InChI is InChI=1S/C5H5N5S/c6-5-10-9-4(11-5)3-1-2-7-8-3/h1-2H,(H2,6,10)(H,7,8). The summed E-state index contributed by atoms with van der Waals surface area (Å²) < 4.78 is 0. The first-order chi connectivity index (χ1) is 5.36. The van der Waals surface area contributed by atoms with E-state index >= 15 is 0 Å². The lowest BCUT2D eigenvalue weighted by molar-refractivity contribution is 1.06. The van der Waals surface area contributed by atoms with Gasteiger partial charge in [0.05, 0.1) is 0 Å². The molecule has 0 radical (unpaired) electrons. The summed E-state index contributed by atoms with van der Waals surface area (Å²) in [6.45, 7) is 0. The van der Waals surface area contributed by atoms with Crippen molar-refractivity contribution in [1.29, 1.82) is 0 Å². The number of aromatic nitrogens is 4. The van der Waals surface area contributed by atoms with Crippen LogP contribution >= 0.6 is 11.3 Å². The van der Waals surface area contributed by atoms with Crippen LogP contribution in [-0.4, -0.2) is 20.4 Å². The lowest BCUT2D eigenvalue weighted by Gasteiger charge is -1.80. The molecule has 5 nitrogen and oxygen atoms in total. The van der Waals surface area contributed by atoms with Gasteiger partial charge < -0.3 is 5.73 Å². The SMILES string of the molecule is Nc1nnc(-c2cc[nH]n2)s1. The summed E-state index contributed by atoms with van der Waals surface area (Å²) in [5.41, 5.74) is 6.17. The Morgan fingerprint density at radius 3 is 2.91 bits per heavy atom. The number of aromatic amines is 1. The van der Waals surface area contributed by atoms with Gasteiger partial charge in [0, 0.05) is 6.20 Å². The van der Waals surface area contributed by atoms with Crippen molar-refractivity contribution in [2.45, 2.75) is 0 Å². The number of nitrogen functional groups attached to an aromatic ring is 1. The van der Waals surface area contributed by atoms with Gasteiger partial charge in [-0.1, -0.05) is 11.3 Å². The minimum atomic E-state index is 0.461. The van der Waals surface area contributed by atoms with Gasteiger partial charge in [0.15, 0.2) is 5.01 Å². The summed E-state index contributed by atoms with van der Waals surface area (Å²) in [7, 11) is 0. The number of hydrogen-bond acceptors (Lipinski definition) is 5. The Labute approximate surface area is 66.3 Å². The molecule has 0 aliphatic carbocycles. The molecular formula is C5H5N5S. The van der Waals surface area contributed by atoms with E-state index in [4.69, 9.17) is 5.73 Å². The van der Waals surface area contributed by atoms with Gasteiger partial charge in [-0.2, -0.15) is 5.10 Å². The fourth-order valence-electron chi connectivity index (χ4n) is 0.717. The average molecular weight is 167 g/mol. The number of rotatable bonds is 1. The summed E-state index contributed by atoms with van der Waals surface area (Å²) in [6.07, 6.45) is 1.73. The van der Waals surface area contributed by atoms with E-state index in [1.807, 2.05) is 6.07 Å². The van der Waals surface area contributed by atoms with Crippen LogP contribution in [0.15, 0.2) is 12.3 Å². The molecule has 0 aromatic carbocycles. The van der Waals surface area contributed by atoms with Gasteiger partial charge in [-0.05, 0) is 6.07 Å². The second-order valence-corrected chi connectivity index (χ2v) is 2.91. The Balaban J connectivity index is 2.45. The lowest BCUT2D eigenvalue weighted by Crippen LogP contribution is -1.80.